The summed E-state index contributed by atoms with van der Waals surface area (Å²) in [7, 11) is -16.8. The minimum atomic E-state index is -5.76. The Bertz CT molecular complexity index is 1750. The molecule has 0 radical (unpaired) electrons. The van der Waals surface area contributed by atoms with E-state index in [1.54, 1.807) is 12.1 Å². The highest BCUT2D eigenvalue weighted by Crippen LogP contribution is 2.66. The first-order valence-corrected chi connectivity index (χ1v) is 16.3. The van der Waals surface area contributed by atoms with Crippen LogP contribution >= 0.6 is 23.5 Å². The maximum absolute atomic E-state index is 12.9. The van der Waals surface area contributed by atoms with Crippen molar-refractivity contribution < 1.29 is 61.1 Å². The lowest BCUT2D eigenvalue weighted by molar-refractivity contribution is -0.0450. The summed E-state index contributed by atoms with van der Waals surface area (Å²) in [4.78, 5) is 75.7. The molecule has 228 valence electrons. The minimum Gasteiger partial charge on any atom is -0.390 e. The minimum absolute atomic E-state index is 0.0556. The lowest BCUT2D eigenvalue weighted by Crippen LogP contribution is -2.38. The zero-order valence-electron chi connectivity index (χ0n) is 21.1. The van der Waals surface area contributed by atoms with Gasteiger partial charge in [0.25, 0.3) is 11.5 Å². The van der Waals surface area contributed by atoms with Gasteiger partial charge in [-0.1, -0.05) is 42.5 Å². The molecule has 42 heavy (non-hydrogen) atoms. The molecule has 0 spiro atoms. The van der Waals surface area contributed by atoms with Crippen LogP contribution in [0.5, 0.6) is 0 Å². The molecule has 2 unspecified atom stereocenters. The Labute approximate surface area is 234 Å². The average Bonchev–Trinajstić information content (AvgIpc) is 3.24. The molecular formula is C21H24N3O15P3. The quantitative estimate of drug-likeness (QED) is 0.140. The SMILES string of the molecule is O=C(NCc1cccc2ccccc12)c1cn([C@H]2C[C@H](O)[C@@H](COP(=O)(O)OP(=O)(O)OP(=O)(O)O)O2)c(=O)[nH]c1=O. The Kier molecular flexibility index (Phi) is 9.50. The molecule has 18 nitrogen and oxygen atoms in total. The molecule has 1 aliphatic rings. The summed E-state index contributed by atoms with van der Waals surface area (Å²) < 4.78 is 52.1. The molecule has 4 rings (SSSR count). The van der Waals surface area contributed by atoms with Gasteiger partial charge in [0.15, 0.2) is 0 Å². The van der Waals surface area contributed by atoms with E-state index in [1.165, 1.54) is 0 Å². The molecule has 1 fully saturated rings. The van der Waals surface area contributed by atoms with Crippen LogP contribution in [-0.4, -0.2) is 59.0 Å². The van der Waals surface area contributed by atoms with Crippen LogP contribution in [0.4, 0.5) is 0 Å². The van der Waals surface area contributed by atoms with Gasteiger partial charge in [0.2, 0.25) is 0 Å². The third-order valence-electron chi connectivity index (χ3n) is 5.86. The molecule has 1 aliphatic heterocycles. The van der Waals surface area contributed by atoms with Gasteiger partial charge >= 0.3 is 29.2 Å². The van der Waals surface area contributed by atoms with Gasteiger partial charge in [0.1, 0.15) is 17.9 Å². The van der Waals surface area contributed by atoms with Gasteiger partial charge in [-0.2, -0.15) is 8.62 Å². The molecule has 3 aromatic rings. The highest BCUT2D eigenvalue weighted by molar-refractivity contribution is 7.66. The first-order valence-electron chi connectivity index (χ1n) is 11.8. The van der Waals surface area contributed by atoms with Crippen LogP contribution in [0.25, 0.3) is 10.8 Å². The van der Waals surface area contributed by atoms with Crippen molar-refractivity contribution in [1.29, 1.82) is 0 Å². The van der Waals surface area contributed by atoms with E-state index in [-0.39, 0.29) is 13.0 Å². The summed E-state index contributed by atoms with van der Waals surface area (Å²) in [6, 6.07) is 13.0. The number of phosphoric acid groups is 3. The number of H-pyrrole nitrogens is 1. The van der Waals surface area contributed by atoms with Gasteiger partial charge in [-0.15, -0.1) is 0 Å². The smallest absolute Gasteiger partial charge is 0.390 e. The van der Waals surface area contributed by atoms with Crippen LogP contribution in [0.2, 0.25) is 0 Å². The first-order chi connectivity index (χ1) is 19.5. The number of aliphatic hydroxyl groups is 1. The zero-order valence-corrected chi connectivity index (χ0v) is 23.8. The molecule has 0 bridgehead atoms. The number of amides is 1. The summed E-state index contributed by atoms with van der Waals surface area (Å²) in [5.74, 6) is -0.819. The number of carbonyl (C=O) groups excluding carboxylic acids is 1. The van der Waals surface area contributed by atoms with Gasteiger partial charge in [0.05, 0.1) is 12.7 Å². The molecule has 1 amide bonds. The molecule has 5 atom stereocenters. The number of nitrogens with zero attached hydrogens (tertiary/aromatic N) is 1. The van der Waals surface area contributed by atoms with Crippen molar-refractivity contribution in [3.63, 3.8) is 0 Å². The van der Waals surface area contributed by atoms with Crippen molar-refractivity contribution >= 4 is 40.1 Å². The Morgan fingerprint density at radius 1 is 1.02 bits per heavy atom. The number of aromatic nitrogens is 2. The highest BCUT2D eigenvalue weighted by Gasteiger charge is 2.43. The van der Waals surface area contributed by atoms with Crippen molar-refractivity contribution in [3.05, 3.63) is 80.6 Å². The maximum atomic E-state index is 12.9. The van der Waals surface area contributed by atoms with Crippen molar-refractivity contribution in [2.45, 2.75) is 31.4 Å². The molecule has 7 N–H and O–H groups in total. The number of rotatable bonds is 11. The number of ether oxygens (including phenoxy) is 1. The average molecular weight is 651 g/mol. The van der Waals surface area contributed by atoms with Crippen molar-refractivity contribution in [3.8, 4) is 0 Å². The molecule has 0 saturated carbocycles. The molecule has 2 aromatic carbocycles. The molecule has 1 aromatic heterocycles. The molecule has 2 heterocycles. The summed E-state index contributed by atoms with van der Waals surface area (Å²) >= 11 is 0. The van der Waals surface area contributed by atoms with Gasteiger partial charge in [-0.05, 0) is 16.3 Å². The maximum Gasteiger partial charge on any atom is 0.490 e. The predicted molar refractivity (Wildman–Crippen MR) is 141 cm³/mol. The normalized spacial score (nSPS) is 22.0. The van der Waals surface area contributed by atoms with Crippen molar-refractivity contribution in [1.82, 2.24) is 14.9 Å². The van der Waals surface area contributed by atoms with Crippen LogP contribution < -0.4 is 16.6 Å². The topological polar surface area (TPSA) is 273 Å². The Morgan fingerprint density at radius 3 is 2.43 bits per heavy atom. The van der Waals surface area contributed by atoms with Crippen molar-refractivity contribution in [2.24, 2.45) is 0 Å². The fourth-order valence-corrected chi connectivity index (χ4v) is 7.12. The van der Waals surface area contributed by atoms with E-state index in [0.29, 0.717) is 0 Å². The predicted octanol–water partition coefficient (Wildman–Crippen LogP) is 0.611. The van der Waals surface area contributed by atoms with Crippen LogP contribution in [0.1, 0.15) is 28.6 Å². The zero-order chi connectivity index (χ0) is 30.9. The van der Waals surface area contributed by atoms with Gasteiger partial charge in [0, 0.05) is 19.2 Å². The number of nitrogens with one attached hydrogen (secondary N) is 2. The van der Waals surface area contributed by atoms with Gasteiger partial charge in [-0.3, -0.25) is 23.7 Å². The second kappa shape index (κ2) is 12.4. The van der Waals surface area contributed by atoms with Gasteiger partial charge < -0.3 is 34.7 Å². The van der Waals surface area contributed by atoms with E-state index in [4.69, 9.17) is 14.5 Å². The summed E-state index contributed by atoms with van der Waals surface area (Å²) in [6.07, 6.45) is -3.61. The van der Waals surface area contributed by atoms with E-state index in [0.717, 1.165) is 27.1 Å². The van der Waals surface area contributed by atoms with Crippen LogP contribution in [0.3, 0.4) is 0 Å². The molecular weight excluding hydrogens is 627 g/mol. The Hall–Kier alpha value is -2.82. The third kappa shape index (κ3) is 8.17. The fraction of sp³-hybridized carbons (Fsp3) is 0.286. The molecule has 21 heteroatoms. The molecule has 1 saturated heterocycles. The number of hydrogen-bond donors (Lipinski definition) is 7. The number of hydrogen-bond acceptors (Lipinski definition) is 11. The lowest BCUT2D eigenvalue weighted by atomic mass is 10.0. The summed E-state index contributed by atoms with van der Waals surface area (Å²) in [5.41, 5.74) is -1.68. The van der Waals surface area contributed by atoms with Gasteiger partial charge in [-0.25, -0.2) is 18.5 Å². The number of aromatic amines is 1. The highest BCUT2D eigenvalue weighted by atomic mass is 31.3. The molecule has 0 aliphatic carbocycles. The monoisotopic (exact) mass is 651 g/mol. The van der Waals surface area contributed by atoms with E-state index in [1.807, 2.05) is 35.3 Å². The van der Waals surface area contributed by atoms with Crippen LogP contribution in [-0.2, 0) is 38.1 Å². The van der Waals surface area contributed by atoms with Crippen molar-refractivity contribution in [2.75, 3.05) is 6.61 Å². The summed E-state index contributed by atoms with van der Waals surface area (Å²) in [6.45, 7) is -0.919. The van der Waals surface area contributed by atoms with E-state index < -0.39 is 71.2 Å². The van der Waals surface area contributed by atoms with E-state index in [2.05, 4.69) is 18.5 Å². The largest absolute Gasteiger partial charge is 0.490 e. The Morgan fingerprint density at radius 2 is 1.71 bits per heavy atom. The number of benzene rings is 2. The lowest BCUT2D eigenvalue weighted by Gasteiger charge is -2.19. The van der Waals surface area contributed by atoms with Crippen LogP contribution in [0.15, 0.2) is 58.3 Å². The van der Waals surface area contributed by atoms with Crippen LogP contribution in [0, 0.1) is 0 Å². The second-order valence-corrected chi connectivity index (χ2v) is 13.3. The number of carbonyl (C=O) groups is 1. The van der Waals surface area contributed by atoms with E-state index in [9.17, 15) is 43.0 Å². The van der Waals surface area contributed by atoms with E-state index >= 15 is 0 Å². The number of fused-ring (bicyclic) bond motifs is 1. The third-order valence-corrected chi connectivity index (χ3v) is 9.67. The first kappa shape index (κ1) is 32.1. The Balaban J connectivity index is 1.43. The fourth-order valence-electron chi connectivity index (χ4n) is 4.09. The summed E-state index contributed by atoms with van der Waals surface area (Å²) in [5, 5.41) is 14.7. The second-order valence-electron chi connectivity index (χ2n) is 8.85. The standard InChI is InChI=1S/C21H24N3O15P3/c25-16-8-18(37-17(16)11-36-41(32,33)39-42(34,35)38-40(29,30)31)24-10-15(20(27)23-21(24)28)19(26)22-9-13-6-3-5-12-4-1-2-7-14(12)13/h1-7,10,16-18,25H,8-9,11H2,(H,22,26)(H,32,33)(H,34,35)(H,23,27,28)(H2,29,30,31)/t16-,17+,18+/m0/s1. The number of aliphatic hydroxyl groups excluding tert-OH is 1. The number of phosphoric ester groups is 1.